The van der Waals surface area contributed by atoms with Gasteiger partial charge in [-0.15, -0.1) is 0 Å². The normalized spacial score (nSPS) is 36.6. The Bertz CT molecular complexity index is 1220. The molecule has 0 spiro atoms. The fourth-order valence-electron chi connectivity index (χ4n) is 4.82. The first-order valence-electron chi connectivity index (χ1n) is 13.5. The number of hydrogen-bond donors (Lipinski definition) is 8. The molecule has 0 aromatic heterocycles. The molecule has 12 heteroatoms. The molecule has 12 nitrogen and oxygen atoms in total. The van der Waals surface area contributed by atoms with E-state index in [2.05, 4.69) is 11.8 Å². The summed E-state index contributed by atoms with van der Waals surface area (Å²) in [4.78, 5) is 0. The van der Waals surface area contributed by atoms with Gasteiger partial charge >= 0.3 is 0 Å². The lowest BCUT2D eigenvalue weighted by Gasteiger charge is -2.45. The Morgan fingerprint density at radius 3 is 1.36 bits per heavy atom. The van der Waals surface area contributed by atoms with Crippen LogP contribution in [0, 0.1) is 25.7 Å². The van der Waals surface area contributed by atoms with Crippen LogP contribution in [-0.4, -0.2) is 114 Å². The summed E-state index contributed by atoms with van der Waals surface area (Å²) in [7, 11) is 0. The van der Waals surface area contributed by atoms with Gasteiger partial charge in [0.1, 0.15) is 48.1 Å². The number of benzene rings is 2. The van der Waals surface area contributed by atoms with Crippen LogP contribution in [0.2, 0.25) is 0 Å². The first-order valence-corrected chi connectivity index (χ1v) is 13.5. The van der Waals surface area contributed by atoms with Crippen molar-refractivity contribution >= 4 is 0 Å². The number of rotatable bonds is 6. The topological polar surface area (TPSA) is 199 Å². The van der Waals surface area contributed by atoms with Gasteiger partial charge in [0, 0.05) is 11.1 Å². The molecule has 0 saturated carbocycles. The summed E-state index contributed by atoms with van der Waals surface area (Å²) in [6, 6.07) is 10.2. The molecule has 4 rings (SSSR count). The average molecular weight is 591 g/mol. The van der Waals surface area contributed by atoms with Crippen molar-refractivity contribution in [1.29, 1.82) is 0 Å². The van der Waals surface area contributed by atoms with Crippen molar-refractivity contribution in [2.45, 2.75) is 88.1 Å². The fraction of sp³-hybridized carbons (Fsp3) is 0.533. The molecule has 2 saturated heterocycles. The summed E-state index contributed by atoms with van der Waals surface area (Å²) in [6.07, 6.45) is -11.1. The first kappa shape index (κ1) is 32.1. The quantitative estimate of drug-likeness (QED) is 0.188. The highest BCUT2D eigenvalue weighted by Gasteiger charge is 2.54. The van der Waals surface area contributed by atoms with Gasteiger partial charge in [-0.1, -0.05) is 11.8 Å². The molecule has 2 aromatic rings. The maximum atomic E-state index is 10.7. The summed E-state index contributed by atoms with van der Waals surface area (Å²) in [6.45, 7) is 4.95. The van der Waals surface area contributed by atoms with Gasteiger partial charge in [-0.2, -0.15) is 0 Å². The first-order chi connectivity index (χ1) is 19.7. The molecule has 42 heavy (non-hydrogen) atoms. The highest BCUT2D eigenvalue weighted by Crippen LogP contribution is 2.34. The van der Waals surface area contributed by atoms with E-state index in [-0.39, 0.29) is 0 Å². The summed E-state index contributed by atoms with van der Waals surface area (Å²) >= 11 is 0. The zero-order valence-corrected chi connectivity index (χ0v) is 23.7. The van der Waals surface area contributed by atoms with E-state index >= 15 is 0 Å². The van der Waals surface area contributed by atoms with E-state index in [0.717, 1.165) is 0 Å². The molecule has 0 amide bonds. The van der Waals surface area contributed by atoms with Gasteiger partial charge in [0.2, 0.25) is 12.6 Å². The van der Waals surface area contributed by atoms with E-state index in [0.29, 0.717) is 33.8 Å². The van der Waals surface area contributed by atoms with Gasteiger partial charge in [-0.3, -0.25) is 0 Å². The summed E-state index contributed by atoms with van der Waals surface area (Å²) < 4.78 is 22.6. The maximum absolute atomic E-state index is 10.7. The van der Waals surface area contributed by atoms with Crippen LogP contribution in [0.1, 0.15) is 36.1 Å². The van der Waals surface area contributed by atoms with Gasteiger partial charge in [0.15, 0.2) is 11.2 Å². The standard InChI is InChI=1S/C30H38O12/c1-15-11-17(7-9-19(15)39-27-29(3,37)25(35)23(33)21(13-31)41-27)5-6-18-8-10-20(16(2)12-18)40-28-30(4,38)26(36)24(34)22(14-32)42-28/h7-12,21-28,31-38H,13-14H2,1-4H3/t21-,22-,23-,24-,25+,26+,27+,28+,29-,30+/m1/s1. The summed E-state index contributed by atoms with van der Waals surface area (Å²) in [5.74, 6) is 6.82. The minimum absolute atomic E-state index is 0.352. The van der Waals surface area contributed by atoms with E-state index in [1.807, 2.05) is 0 Å². The van der Waals surface area contributed by atoms with Crippen molar-refractivity contribution in [3.8, 4) is 23.3 Å². The molecule has 8 N–H and O–H groups in total. The largest absolute Gasteiger partial charge is 0.461 e. The molecule has 10 atom stereocenters. The molecule has 2 heterocycles. The van der Waals surface area contributed by atoms with Crippen molar-refractivity contribution in [1.82, 2.24) is 0 Å². The summed E-state index contributed by atoms with van der Waals surface area (Å²) in [5, 5.41) is 80.9. The highest BCUT2D eigenvalue weighted by atomic mass is 16.7. The Morgan fingerprint density at radius 2 is 1.05 bits per heavy atom. The summed E-state index contributed by atoms with van der Waals surface area (Å²) in [5.41, 5.74) is -1.24. The lowest BCUT2D eigenvalue weighted by atomic mass is 9.88. The third-order valence-electron chi connectivity index (χ3n) is 7.69. The van der Waals surface area contributed by atoms with Crippen LogP contribution in [0.15, 0.2) is 36.4 Å². The minimum atomic E-state index is -1.94. The molecule has 0 aliphatic carbocycles. The third-order valence-corrected chi connectivity index (χ3v) is 7.69. The Kier molecular flexibility index (Phi) is 9.51. The van der Waals surface area contributed by atoms with E-state index < -0.39 is 73.6 Å². The van der Waals surface area contributed by atoms with Crippen LogP contribution in [0.3, 0.4) is 0 Å². The van der Waals surface area contributed by atoms with Crippen molar-refractivity contribution in [2.24, 2.45) is 0 Å². The van der Waals surface area contributed by atoms with E-state index in [4.69, 9.17) is 18.9 Å². The molecule has 0 radical (unpaired) electrons. The van der Waals surface area contributed by atoms with Crippen LogP contribution in [0.25, 0.3) is 0 Å². The average Bonchev–Trinajstić information content (AvgIpc) is 2.95. The zero-order valence-electron chi connectivity index (χ0n) is 23.7. The molecule has 2 fully saturated rings. The van der Waals surface area contributed by atoms with Gasteiger partial charge in [-0.05, 0) is 75.2 Å². The number of aryl methyl sites for hydroxylation is 2. The van der Waals surface area contributed by atoms with Gasteiger partial charge < -0.3 is 59.8 Å². The van der Waals surface area contributed by atoms with E-state index in [1.54, 1.807) is 50.2 Å². The lowest BCUT2D eigenvalue weighted by molar-refractivity contribution is -0.315. The predicted octanol–water partition coefficient (Wildman–Crippen LogP) is -1.16. The van der Waals surface area contributed by atoms with Crippen molar-refractivity contribution in [3.63, 3.8) is 0 Å². The Morgan fingerprint density at radius 1 is 0.690 bits per heavy atom. The SMILES string of the molecule is Cc1cc(C#Cc2ccc(O[C@H]3O[C@H](CO)[C@@H](O)[C@H](O)[C@]3(C)O)c(C)c2)ccc1O[C@H]1O[C@H](CO)[C@@H](O)[C@H](O)[C@@]1(C)O. The third kappa shape index (κ3) is 6.27. The Balaban J connectivity index is 1.46. The highest BCUT2D eigenvalue weighted by molar-refractivity contribution is 5.49. The molecule has 0 bridgehead atoms. The zero-order chi connectivity index (χ0) is 31.0. The number of aliphatic hydroxyl groups excluding tert-OH is 6. The van der Waals surface area contributed by atoms with Gasteiger partial charge in [-0.25, -0.2) is 0 Å². The number of ether oxygens (including phenoxy) is 4. The van der Waals surface area contributed by atoms with Gasteiger partial charge in [0.05, 0.1) is 13.2 Å². The number of aliphatic hydroxyl groups is 8. The minimum Gasteiger partial charge on any atom is -0.461 e. The fourth-order valence-corrected chi connectivity index (χ4v) is 4.82. The van der Waals surface area contributed by atoms with Crippen molar-refractivity contribution in [2.75, 3.05) is 13.2 Å². The van der Waals surface area contributed by atoms with Crippen LogP contribution < -0.4 is 9.47 Å². The number of hydrogen-bond acceptors (Lipinski definition) is 12. The smallest absolute Gasteiger partial charge is 0.231 e. The Labute approximate surface area is 243 Å². The molecular formula is C30H38O12. The molecule has 2 aliphatic rings. The van der Waals surface area contributed by atoms with Gasteiger partial charge in [0.25, 0.3) is 0 Å². The van der Waals surface area contributed by atoms with E-state index in [1.165, 1.54) is 13.8 Å². The lowest BCUT2D eigenvalue weighted by Crippen LogP contribution is -2.66. The predicted molar refractivity (Wildman–Crippen MR) is 146 cm³/mol. The Hall–Kier alpha value is -2.80. The molecular weight excluding hydrogens is 552 g/mol. The molecule has 230 valence electrons. The second kappa shape index (κ2) is 12.4. The monoisotopic (exact) mass is 590 g/mol. The second-order valence-corrected chi connectivity index (χ2v) is 11.1. The van der Waals surface area contributed by atoms with Crippen LogP contribution in [0.5, 0.6) is 11.5 Å². The van der Waals surface area contributed by atoms with E-state index in [9.17, 15) is 40.9 Å². The van der Waals surface area contributed by atoms with Crippen molar-refractivity contribution in [3.05, 3.63) is 58.7 Å². The van der Waals surface area contributed by atoms with Crippen LogP contribution in [0.4, 0.5) is 0 Å². The second-order valence-electron chi connectivity index (χ2n) is 11.1. The molecule has 2 aliphatic heterocycles. The molecule has 2 aromatic carbocycles. The molecule has 0 unspecified atom stereocenters. The van der Waals surface area contributed by atoms with Crippen LogP contribution >= 0.6 is 0 Å². The maximum Gasteiger partial charge on any atom is 0.231 e. The van der Waals surface area contributed by atoms with Crippen molar-refractivity contribution < 1.29 is 59.8 Å². The van der Waals surface area contributed by atoms with Crippen LogP contribution in [-0.2, 0) is 9.47 Å².